The van der Waals surface area contributed by atoms with Crippen LogP contribution in [0.15, 0.2) is 60.9 Å². The minimum atomic E-state index is -0.573. The van der Waals surface area contributed by atoms with Gasteiger partial charge in [-0.1, -0.05) is 22.9 Å². The lowest BCUT2D eigenvalue weighted by Crippen LogP contribution is -2.32. The van der Waals surface area contributed by atoms with Crippen molar-refractivity contribution in [3.63, 3.8) is 0 Å². The summed E-state index contributed by atoms with van der Waals surface area (Å²) in [6, 6.07) is 12.8. The summed E-state index contributed by atoms with van der Waals surface area (Å²) in [5.41, 5.74) is 1.57. The fraction of sp³-hybridized carbons (Fsp3) is 0.0500. The first-order valence-electron chi connectivity index (χ1n) is 8.56. The molecular formula is C20H14ClFN4O2S. The lowest BCUT2D eigenvalue weighted by molar-refractivity contribution is -0.115. The maximum absolute atomic E-state index is 13.2. The van der Waals surface area contributed by atoms with Crippen molar-refractivity contribution >= 4 is 50.7 Å². The fourth-order valence-corrected chi connectivity index (χ4v) is 3.82. The van der Waals surface area contributed by atoms with Crippen LogP contribution >= 0.6 is 22.9 Å². The van der Waals surface area contributed by atoms with E-state index in [0.29, 0.717) is 11.3 Å². The molecule has 0 atom stereocenters. The molecule has 6 nitrogen and oxygen atoms in total. The van der Waals surface area contributed by atoms with Crippen LogP contribution in [0.5, 0.6) is 0 Å². The summed E-state index contributed by atoms with van der Waals surface area (Å²) in [5, 5.41) is 5.83. The van der Waals surface area contributed by atoms with Gasteiger partial charge in [-0.2, -0.15) is 0 Å². The van der Waals surface area contributed by atoms with Gasteiger partial charge in [0.2, 0.25) is 5.91 Å². The minimum Gasteiger partial charge on any atom is -0.343 e. The Morgan fingerprint density at radius 3 is 2.69 bits per heavy atom. The van der Waals surface area contributed by atoms with Crippen molar-refractivity contribution in [1.82, 2.24) is 14.9 Å². The van der Waals surface area contributed by atoms with E-state index in [9.17, 15) is 14.0 Å². The molecule has 2 N–H and O–H groups in total. The molecule has 4 aromatic rings. The van der Waals surface area contributed by atoms with Crippen LogP contribution in [0.4, 0.5) is 10.1 Å². The number of anilines is 1. The number of carbonyl (C=O) groups excluding carboxylic acids is 2. The lowest BCUT2D eigenvalue weighted by Gasteiger charge is -2.07. The number of benzene rings is 2. The van der Waals surface area contributed by atoms with Gasteiger partial charge in [0.05, 0.1) is 21.8 Å². The number of thiazole rings is 1. The summed E-state index contributed by atoms with van der Waals surface area (Å²) in [6.45, 7) is -0.233. The maximum Gasteiger partial charge on any atom is 0.251 e. The molecule has 0 bridgehead atoms. The van der Waals surface area contributed by atoms with Crippen LogP contribution in [0.2, 0.25) is 5.02 Å². The van der Waals surface area contributed by atoms with E-state index in [0.717, 1.165) is 21.4 Å². The fourth-order valence-electron chi connectivity index (χ4n) is 2.67. The molecule has 146 valence electrons. The molecule has 9 heteroatoms. The summed E-state index contributed by atoms with van der Waals surface area (Å²) < 4.78 is 15.9. The highest BCUT2D eigenvalue weighted by Crippen LogP contribution is 2.26. The molecule has 29 heavy (non-hydrogen) atoms. The highest BCUT2D eigenvalue weighted by Gasteiger charge is 2.12. The number of aromatic nitrogens is 2. The van der Waals surface area contributed by atoms with Crippen LogP contribution in [0, 0.1) is 5.82 Å². The third kappa shape index (κ3) is 4.28. The van der Waals surface area contributed by atoms with E-state index < -0.39 is 11.7 Å². The number of carbonyl (C=O) groups is 2. The molecule has 2 amide bonds. The van der Waals surface area contributed by atoms with E-state index in [-0.39, 0.29) is 17.5 Å². The zero-order chi connectivity index (χ0) is 20.4. The molecule has 0 radical (unpaired) electrons. The van der Waals surface area contributed by atoms with Gasteiger partial charge in [0.15, 0.2) is 5.13 Å². The highest BCUT2D eigenvalue weighted by atomic mass is 35.5. The zero-order valence-electron chi connectivity index (χ0n) is 14.9. The first kappa shape index (κ1) is 19.1. The summed E-state index contributed by atoms with van der Waals surface area (Å²) in [6.07, 6.45) is 3.80. The Hall–Kier alpha value is -3.23. The monoisotopic (exact) mass is 428 g/mol. The van der Waals surface area contributed by atoms with Crippen molar-refractivity contribution in [2.45, 2.75) is 0 Å². The number of hydrogen-bond donors (Lipinski definition) is 2. The Kier molecular flexibility index (Phi) is 5.28. The molecule has 0 fully saturated rings. The van der Waals surface area contributed by atoms with E-state index in [1.165, 1.54) is 23.5 Å². The van der Waals surface area contributed by atoms with Gasteiger partial charge >= 0.3 is 0 Å². The van der Waals surface area contributed by atoms with Crippen molar-refractivity contribution in [2.24, 2.45) is 0 Å². The number of nitrogens with zero attached hydrogens (tertiary/aromatic N) is 2. The Balaban J connectivity index is 1.40. The van der Waals surface area contributed by atoms with Gasteiger partial charge in [0.25, 0.3) is 5.91 Å². The van der Waals surface area contributed by atoms with Gasteiger partial charge < -0.3 is 15.2 Å². The summed E-state index contributed by atoms with van der Waals surface area (Å²) >= 11 is 7.15. The molecule has 0 aliphatic carbocycles. The standard InChI is InChI=1S/C20H14ClFN4O2S/c21-14-10-13(4-5-15(14)22)24-18(27)11-23-19(28)12-3-6-16-17(9-12)29-20(25-16)26-7-1-2-8-26/h1-10H,11H2,(H,23,28)(H,24,27). The molecule has 0 aliphatic rings. The van der Waals surface area contributed by atoms with Crippen LogP contribution < -0.4 is 10.6 Å². The molecule has 0 saturated carbocycles. The van der Waals surface area contributed by atoms with Crippen molar-refractivity contribution in [3.8, 4) is 5.13 Å². The summed E-state index contributed by atoms with van der Waals surface area (Å²) in [7, 11) is 0. The van der Waals surface area contributed by atoms with Crippen LogP contribution in [-0.2, 0) is 4.79 Å². The Morgan fingerprint density at radius 2 is 1.93 bits per heavy atom. The van der Waals surface area contributed by atoms with Gasteiger partial charge in [-0.25, -0.2) is 9.37 Å². The topological polar surface area (TPSA) is 76.0 Å². The molecular weight excluding hydrogens is 415 g/mol. The second-order valence-electron chi connectivity index (χ2n) is 6.13. The zero-order valence-corrected chi connectivity index (χ0v) is 16.4. The molecule has 2 aromatic carbocycles. The normalized spacial score (nSPS) is 10.8. The second kappa shape index (κ2) is 8.02. The van der Waals surface area contributed by atoms with Crippen LogP contribution in [0.25, 0.3) is 15.3 Å². The number of amides is 2. The molecule has 4 rings (SSSR count). The third-order valence-electron chi connectivity index (χ3n) is 4.08. The van der Waals surface area contributed by atoms with Crippen LogP contribution in [-0.4, -0.2) is 27.9 Å². The molecule has 0 aliphatic heterocycles. The Bertz CT molecular complexity index is 1210. The second-order valence-corrected chi connectivity index (χ2v) is 7.55. The number of rotatable bonds is 5. The van der Waals surface area contributed by atoms with Gasteiger partial charge in [-0.15, -0.1) is 0 Å². The number of halogens is 2. The number of nitrogens with one attached hydrogen (secondary N) is 2. The maximum atomic E-state index is 13.2. The van der Waals surface area contributed by atoms with Gasteiger partial charge in [-0.05, 0) is 48.5 Å². The van der Waals surface area contributed by atoms with Crippen LogP contribution in [0.3, 0.4) is 0 Å². The van der Waals surface area contributed by atoms with Crippen molar-refractivity contribution in [1.29, 1.82) is 0 Å². The lowest BCUT2D eigenvalue weighted by atomic mass is 10.2. The van der Waals surface area contributed by atoms with Crippen LogP contribution in [0.1, 0.15) is 10.4 Å². The van der Waals surface area contributed by atoms with E-state index >= 15 is 0 Å². The first-order valence-corrected chi connectivity index (χ1v) is 9.76. The molecule has 2 aromatic heterocycles. The highest BCUT2D eigenvalue weighted by molar-refractivity contribution is 7.20. The molecule has 0 spiro atoms. The predicted molar refractivity (Wildman–Crippen MR) is 111 cm³/mol. The predicted octanol–water partition coefficient (Wildman–Crippen LogP) is 4.25. The summed E-state index contributed by atoms with van der Waals surface area (Å²) in [5.74, 6) is -1.40. The minimum absolute atomic E-state index is 0.0935. The van der Waals surface area contributed by atoms with Crippen molar-refractivity contribution in [2.75, 3.05) is 11.9 Å². The van der Waals surface area contributed by atoms with E-state index in [2.05, 4.69) is 15.6 Å². The smallest absolute Gasteiger partial charge is 0.251 e. The van der Waals surface area contributed by atoms with Gasteiger partial charge in [-0.3, -0.25) is 9.59 Å². The van der Waals surface area contributed by atoms with E-state index in [1.807, 2.05) is 29.1 Å². The first-order chi connectivity index (χ1) is 14.0. The Morgan fingerprint density at radius 1 is 1.14 bits per heavy atom. The molecule has 2 heterocycles. The largest absolute Gasteiger partial charge is 0.343 e. The van der Waals surface area contributed by atoms with Crippen molar-refractivity contribution in [3.05, 3.63) is 77.3 Å². The van der Waals surface area contributed by atoms with Crippen molar-refractivity contribution < 1.29 is 14.0 Å². The third-order valence-corrected chi connectivity index (χ3v) is 5.40. The quantitative estimate of drug-likeness (QED) is 0.499. The molecule has 0 saturated heterocycles. The summed E-state index contributed by atoms with van der Waals surface area (Å²) in [4.78, 5) is 29.0. The van der Waals surface area contributed by atoms with Gasteiger partial charge in [0.1, 0.15) is 5.82 Å². The molecule has 0 unspecified atom stereocenters. The number of hydrogen-bond acceptors (Lipinski definition) is 4. The van der Waals surface area contributed by atoms with E-state index in [4.69, 9.17) is 11.6 Å². The average molecular weight is 429 g/mol. The van der Waals surface area contributed by atoms with E-state index in [1.54, 1.807) is 18.2 Å². The number of fused-ring (bicyclic) bond motifs is 1. The SMILES string of the molecule is O=C(CNC(=O)c1ccc2nc(-n3cccc3)sc2c1)Nc1ccc(F)c(Cl)c1. The van der Waals surface area contributed by atoms with Gasteiger partial charge in [0, 0.05) is 23.6 Å². The average Bonchev–Trinajstić information content (AvgIpc) is 3.37. The Labute approximate surface area is 173 Å².